The van der Waals surface area contributed by atoms with E-state index in [4.69, 9.17) is 8.15 Å². The van der Waals surface area contributed by atoms with E-state index in [0.717, 1.165) is 0 Å². The van der Waals surface area contributed by atoms with Crippen LogP contribution < -0.4 is 75.3 Å². The second-order valence-electron chi connectivity index (χ2n) is 17.7. The van der Waals surface area contributed by atoms with Crippen molar-refractivity contribution in [2.24, 2.45) is 0 Å². The molecule has 1 radical (unpaired) electrons. The van der Waals surface area contributed by atoms with Crippen LogP contribution in [0, 0.1) is 54.6 Å². The predicted octanol–water partition coefficient (Wildman–Crippen LogP) is 4.06. The molecule has 10 aromatic rings. The van der Waals surface area contributed by atoms with Crippen LogP contribution in [-0.4, -0.2) is 29.3 Å². The summed E-state index contributed by atoms with van der Waals surface area (Å²) in [5, 5.41) is 1.93. The predicted molar refractivity (Wildman–Crippen MR) is 316 cm³/mol. The number of hydrogen-bond donors (Lipinski definition) is 0. The summed E-state index contributed by atoms with van der Waals surface area (Å²) < 4.78 is 85.5. The van der Waals surface area contributed by atoms with E-state index in [9.17, 15) is 28.0 Å². The average molecular weight is 1650 g/mol. The van der Waals surface area contributed by atoms with Crippen molar-refractivity contribution in [3.8, 4) is 0 Å². The van der Waals surface area contributed by atoms with Crippen LogP contribution in [-0.2, 0) is 52.9 Å². The third-order valence-corrected chi connectivity index (χ3v) is 32.3. The molecule has 0 bridgehead atoms. The molecule has 8 nitrogen and oxygen atoms in total. The van der Waals surface area contributed by atoms with E-state index < -0.39 is 63.5 Å². The fraction of sp³-hybridized carbons (Fsp3) is 0. The molecule has 10 aromatic carbocycles. The summed E-state index contributed by atoms with van der Waals surface area (Å²) in [6, 6.07) is 99.5. The average Bonchev–Trinajstić information content (AvgIpc) is 3.53. The molecule has 0 aromatic heterocycles. The van der Waals surface area contributed by atoms with Gasteiger partial charge in [-0.15, -0.1) is 0 Å². The van der Waals surface area contributed by atoms with Crippen LogP contribution in [0.25, 0.3) is 0 Å². The monoisotopic (exact) mass is 1650 g/mol. The summed E-state index contributed by atoms with van der Waals surface area (Å²) in [5.74, 6) is 0. The first-order chi connectivity index (χ1) is 37.3. The Hall–Kier alpha value is -4.08. The molecule has 81 heavy (non-hydrogen) atoms. The van der Waals surface area contributed by atoms with Crippen molar-refractivity contribution < 1.29 is 101 Å². The molecule has 0 aliphatic carbocycles. The van der Waals surface area contributed by atoms with Crippen molar-refractivity contribution in [2.45, 2.75) is 0 Å². The summed E-state index contributed by atoms with van der Waals surface area (Å²) in [4.78, 5) is 0. The second-order valence-corrected chi connectivity index (χ2v) is 37.4. The van der Waals surface area contributed by atoms with Crippen molar-refractivity contribution in [3.05, 3.63) is 337 Å². The molecule has 10 rings (SSSR count). The Labute approximate surface area is 523 Å². The molecule has 0 heterocycles. The Bertz CT molecular complexity index is 2830. The third-order valence-electron chi connectivity index (χ3n) is 12.0. The Morgan fingerprint density at radius 2 is 0.383 bits per heavy atom. The maximum atomic E-state index is 11.1. The van der Waals surface area contributed by atoms with Gasteiger partial charge < -0.3 is 7.43 Å². The van der Waals surface area contributed by atoms with Crippen molar-refractivity contribution in [1.82, 2.24) is 0 Å². The van der Waals surface area contributed by atoms with Crippen molar-refractivity contribution in [3.63, 3.8) is 0 Å². The van der Waals surface area contributed by atoms with Gasteiger partial charge in [-0.25, -0.2) is 0 Å². The van der Waals surface area contributed by atoms with Gasteiger partial charge in [-0.2, -0.15) is 0 Å². The van der Waals surface area contributed by atoms with Crippen LogP contribution in [0.4, 0.5) is 0 Å². The fourth-order valence-corrected chi connectivity index (χ4v) is 26.6. The molecular formula is C65H61As2Au2Cl2O8P2-2. The second kappa shape index (κ2) is 31.7. The maximum absolute atomic E-state index is 11.1. The van der Waals surface area contributed by atoms with Gasteiger partial charge in [-0.05, 0) is 0 Å². The molecule has 0 saturated carbocycles. The van der Waals surface area contributed by atoms with Crippen molar-refractivity contribution in [2.75, 3.05) is 0 Å². The van der Waals surface area contributed by atoms with Crippen LogP contribution in [0.3, 0.4) is 0 Å². The third kappa shape index (κ3) is 19.5. The topological polar surface area (TPSA) is 157 Å². The number of hydrogen-bond acceptors (Lipinski definition) is 8. The molecule has 0 aliphatic heterocycles. The minimum absolute atomic E-state index is 0. The number of benzene rings is 10. The zero-order valence-electron chi connectivity index (χ0n) is 44.1. The number of halogens is 2. The van der Waals surface area contributed by atoms with Gasteiger partial charge in [0.25, 0.3) is 0 Å². The van der Waals surface area contributed by atoms with Crippen molar-refractivity contribution in [1.29, 1.82) is 0 Å². The molecule has 0 amide bonds. The minimum atomic E-state index is -4.66. The molecule has 0 fully saturated rings. The van der Waals surface area contributed by atoms with Gasteiger partial charge in [-0.3, -0.25) is 0 Å². The molecular weight excluding hydrogens is 1590 g/mol. The molecule has 0 saturated heterocycles. The summed E-state index contributed by atoms with van der Waals surface area (Å²) in [6.45, 7) is 7.67. The van der Waals surface area contributed by atoms with Gasteiger partial charge >= 0.3 is 499 Å². The van der Waals surface area contributed by atoms with E-state index in [1.165, 1.54) is 26.1 Å². The molecule has 0 aliphatic rings. The molecule has 427 valence electrons. The standard InChI is InChI=1S/2C18H15As.2C14H14ClO4P.CH3.2Au/c2*1-4-10-16(11-5-1)19(17-12-6-2-7-13-17)18-14-8-3-9-15-18;2*1-20(2,19-15(16,17)18,13-9-5-3-6-10-13)14-11-7-4-8-12-14;;;/h2*1-15H;2*3-12H,1-2H2;1H3;;/q;;2*-2;-1;;+3. The van der Waals surface area contributed by atoms with Gasteiger partial charge in [0.2, 0.25) is 0 Å². The molecule has 16 heteroatoms. The summed E-state index contributed by atoms with van der Waals surface area (Å²) in [6.07, 6.45) is 0. The first kappa shape index (κ1) is 69.4. The fourth-order valence-electron chi connectivity index (χ4n) is 8.32. The van der Waals surface area contributed by atoms with E-state index in [-0.39, 0.29) is 52.2 Å². The summed E-state index contributed by atoms with van der Waals surface area (Å²) in [5.41, 5.74) is 0. The molecule has 0 unspecified atom stereocenters. The van der Waals surface area contributed by atoms with Gasteiger partial charge in [0.1, 0.15) is 0 Å². The Morgan fingerprint density at radius 3 is 0.506 bits per heavy atom. The van der Waals surface area contributed by atoms with E-state index in [2.05, 4.69) is 209 Å². The van der Waals surface area contributed by atoms with E-state index >= 15 is 0 Å². The first-order valence-electron chi connectivity index (χ1n) is 24.2. The molecule has 0 spiro atoms. The van der Waals surface area contributed by atoms with Crippen LogP contribution in [0.1, 0.15) is 0 Å². The Kier molecular flexibility index (Phi) is 27.2. The van der Waals surface area contributed by atoms with E-state index in [0.29, 0.717) is 21.2 Å². The van der Waals surface area contributed by atoms with Crippen LogP contribution in [0.2, 0.25) is 0 Å². The Balaban J connectivity index is 0.000000229. The van der Waals surface area contributed by atoms with Crippen molar-refractivity contribution >= 4 is 90.3 Å². The van der Waals surface area contributed by atoms with Gasteiger partial charge in [-0.1, -0.05) is 0 Å². The zero-order valence-corrected chi connectivity index (χ0v) is 55.5. The SMILES string of the molecule is [Au+3].[Au].[CH2-]P([CH2-])(O[Cl+3]([O-])([O-])[O-])(c1ccccc1)c1ccccc1.[CH2-]P([CH2-])(O[Cl+3]([O-])([O-])[O-])(c1ccccc1)c1ccccc1.[CH3-].c1ccc([As](c2ccccc2)c2ccccc2)cc1.c1ccc([As](c2ccccc2)c2ccccc2)cc1. The zero-order chi connectivity index (χ0) is 55.6. The summed E-state index contributed by atoms with van der Waals surface area (Å²) in [7, 11) is -9.31. The van der Waals surface area contributed by atoms with E-state index in [1.807, 2.05) is 0 Å². The normalized spacial score (nSPS) is 12.1. The van der Waals surface area contributed by atoms with Crippen LogP contribution in [0.5, 0.6) is 0 Å². The molecule has 0 atom stereocenters. The Morgan fingerprint density at radius 1 is 0.259 bits per heavy atom. The molecule has 0 N–H and O–H groups in total. The van der Waals surface area contributed by atoms with Gasteiger partial charge in [0.15, 0.2) is 0 Å². The van der Waals surface area contributed by atoms with Gasteiger partial charge in [0, 0.05) is 22.4 Å². The first-order valence-corrected chi connectivity index (χ1v) is 37.4. The van der Waals surface area contributed by atoms with E-state index in [1.54, 1.807) is 121 Å². The van der Waals surface area contributed by atoms with Gasteiger partial charge in [0.05, 0.1) is 0 Å². The number of rotatable bonds is 14. The van der Waals surface area contributed by atoms with Crippen LogP contribution >= 0.6 is 13.7 Å². The quantitative estimate of drug-likeness (QED) is 0.0898. The summed E-state index contributed by atoms with van der Waals surface area (Å²) >= 11 is -2.78. The van der Waals surface area contributed by atoms with Crippen LogP contribution in [0.15, 0.2) is 303 Å².